The Morgan fingerprint density at radius 1 is 1.19 bits per heavy atom. The highest BCUT2D eigenvalue weighted by atomic mass is 19.2. The molecule has 0 aliphatic rings. The third-order valence-electron chi connectivity index (χ3n) is 2.59. The average molecular weight is 297 g/mol. The first-order valence-electron chi connectivity index (χ1n) is 6.32. The number of nitrogens with two attached hydrogens (primary N) is 1. The van der Waals surface area contributed by atoms with Crippen LogP contribution in [0.4, 0.5) is 30.4 Å². The molecule has 0 fully saturated rings. The monoisotopic (exact) mass is 297 g/mol. The maximum Gasteiger partial charge on any atom is 0.239 e. The van der Waals surface area contributed by atoms with Crippen LogP contribution >= 0.6 is 0 Å². The summed E-state index contributed by atoms with van der Waals surface area (Å²) in [5, 5.41) is 2.66. The molecule has 7 heteroatoms. The topological polar surface area (TPSA) is 60.2 Å². The number of nitrogens with one attached hydrogen (secondary N) is 1. The van der Waals surface area contributed by atoms with E-state index in [2.05, 4.69) is 10.3 Å². The summed E-state index contributed by atoms with van der Waals surface area (Å²) in [7, 11) is 0. The van der Waals surface area contributed by atoms with Gasteiger partial charge in [0, 0.05) is 17.8 Å². The van der Waals surface area contributed by atoms with Crippen LogP contribution in [0.25, 0.3) is 0 Å². The molecule has 0 bridgehead atoms. The van der Waals surface area contributed by atoms with Gasteiger partial charge in [0.05, 0.1) is 12.3 Å². The number of rotatable bonds is 5. The number of pyridine rings is 1. The van der Waals surface area contributed by atoms with E-state index in [1.165, 1.54) is 6.07 Å². The molecule has 4 nitrogen and oxygen atoms in total. The van der Waals surface area contributed by atoms with E-state index in [0.29, 0.717) is 12.3 Å². The minimum Gasteiger partial charge on any atom is -0.476 e. The molecule has 0 aliphatic heterocycles. The molecule has 0 saturated heterocycles. The highest BCUT2D eigenvalue weighted by molar-refractivity contribution is 5.60. The second-order valence-corrected chi connectivity index (χ2v) is 4.32. The molecule has 2 aromatic rings. The molecule has 0 aliphatic carbocycles. The molecular weight excluding hydrogens is 283 g/mol. The third-order valence-corrected chi connectivity index (χ3v) is 2.59. The summed E-state index contributed by atoms with van der Waals surface area (Å²) in [4.78, 5) is 4.09. The van der Waals surface area contributed by atoms with E-state index in [0.717, 1.165) is 18.6 Å². The molecular formula is C14H14F3N3O. The molecule has 21 heavy (non-hydrogen) atoms. The summed E-state index contributed by atoms with van der Waals surface area (Å²) in [6, 6.07) is 4.75. The van der Waals surface area contributed by atoms with Crippen molar-refractivity contribution in [2.45, 2.75) is 13.3 Å². The van der Waals surface area contributed by atoms with Gasteiger partial charge in [0.1, 0.15) is 5.82 Å². The fourth-order valence-electron chi connectivity index (χ4n) is 1.61. The lowest BCUT2D eigenvalue weighted by Crippen LogP contribution is -2.04. The van der Waals surface area contributed by atoms with Gasteiger partial charge in [-0.1, -0.05) is 6.92 Å². The predicted octanol–water partition coefficient (Wildman–Crippen LogP) is 3.61. The Morgan fingerprint density at radius 2 is 1.86 bits per heavy atom. The molecule has 0 atom stereocenters. The van der Waals surface area contributed by atoms with Crippen molar-refractivity contribution in [2.24, 2.45) is 0 Å². The summed E-state index contributed by atoms with van der Waals surface area (Å²) in [6.07, 6.45) is 0.785. The van der Waals surface area contributed by atoms with Crippen molar-refractivity contribution in [3.8, 4) is 5.88 Å². The molecule has 2 rings (SSSR count). The van der Waals surface area contributed by atoms with Gasteiger partial charge in [0.15, 0.2) is 17.5 Å². The fourth-order valence-corrected chi connectivity index (χ4v) is 1.61. The summed E-state index contributed by atoms with van der Waals surface area (Å²) in [6.45, 7) is 2.38. The summed E-state index contributed by atoms with van der Waals surface area (Å²) < 4.78 is 44.5. The molecule has 0 saturated carbocycles. The number of nitrogen functional groups attached to an aromatic ring is 1. The maximum atomic E-state index is 13.1. The van der Waals surface area contributed by atoms with E-state index in [9.17, 15) is 13.2 Å². The first kappa shape index (κ1) is 15.0. The maximum absolute atomic E-state index is 13.1. The molecule has 0 spiro atoms. The van der Waals surface area contributed by atoms with Crippen molar-refractivity contribution in [3.63, 3.8) is 0 Å². The van der Waals surface area contributed by atoms with Crippen molar-refractivity contribution >= 4 is 17.2 Å². The van der Waals surface area contributed by atoms with Crippen molar-refractivity contribution < 1.29 is 17.9 Å². The Labute approximate surface area is 119 Å². The molecule has 3 N–H and O–H groups in total. The van der Waals surface area contributed by atoms with Crippen molar-refractivity contribution in [3.05, 3.63) is 41.7 Å². The van der Waals surface area contributed by atoms with Crippen molar-refractivity contribution in [2.75, 3.05) is 17.7 Å². The van der Waals surface area contributed by atoms with Gasteiger partial charge in [-0.25, -0.2) is 13.2 Å². The van der Waals surface area contributed by atoms with Gasteiger partial charge in [-0.3, -0.25) is 0 Å². The molecule has 1 heterocycles. The van der Waals surface area contributed by atoms with Crippen molar-refractivity contribution in [1.82, 2.24) is 4.98 Å². The second-order valence-electron chi connectivity index (χ2n) is 4.32. The van der Waals surface area contributed by atoms with Gasteiger partial charge in [0.2, 0.25) is 5.88 Å². The number of benzene rings is 1. The Bertz CT molecular complexity index is 626. The number of halogens is 3. The number of hydrogen-bond acceptors (Lipinski definition) is 4. The Morgan fingerprint density at radius 3 is 2.48 bits per heavy atom. The summed E-state index contributed by atoms with van der Waals surface area (Å²) >= 11 is 0. The minimum atomic E-state index is -1.52. The lowest BCUT2D eigenvalue weighted by atomic mass is 10.3. The fraction of sp³-hybridized carbons (Fsp3) is 0.214. The smallest absolute Gasteiger partial charge is 0.239 e. The van der Waals surface area contributed by atoms with Crippen molar-refractivity contribution in [1.29, 1.82) is 0 Å². The molecule has 0 unspecified atom stereocenters. The van der Waals surface area contributed by atoms with Gasteiger partial charge in [-0.2, -0.15) is 4.98 Å². The van der Waals surface area contributed by atoms with Gasteiger partial charge in [0.25, 0.3) is 0 Å². The van der Waals surface area contributed by atoms with Crippen LogP contribution in [-0.4, -0.2) is 11.6 Å². The first-order chi connectivity index (χ1) is 10.0. The van der Waals surface area contributed by atoms with Gasteiger partial charge in [-0.05, 0) is 18.6 Å². The van der Waals surface area contributed by atoms with Crippen LogP contribution in [0.1, 0.15) is 13.3 Å². The normalized spacial score (nSPS) is 10.5. The second kappa shape index (κ2) is 6.34. The number of ether oxygens (including phenoxy) is 1. The Hall–Kier alpha value is -2.44. The Kier molecular flexibility index (Phi) is 4.52. The highest BCUT2D eigenvalue weighted by Gasteiger charge is 2.11. The summed E-state index contributed by atoms with van der Waals surface area (Å²) in [5.74, 6) is -3.57. The Balaban J connectivity index is 2.23. The molecule has 0 radical (unpaired) electrons. The third kappa shape index (κ3) is 3.56. The van der Waals surface area contributed by atoms with E-state index in [1.807, 2.05) is 6.92 Å². The number of hydrogen-bond donors (Lipinski definition) is 2. The van der Waals surface area contributed by atoms with Crippen LogP contribution < -0.4 is 15.8 Å². The van der Waals surface area contributed by atoms with Crippen LogP contribution in [0, 0.1) is 17.5 Å². The van der Waals surface area contributed by atoms with E-state index in [4.69, 9.17) is 10.5 Å². The number of nitrogens with zero attached hydrogens (tertiary/aromatic N) is 1. The SMILES string of the molecule is CCCOc1nc(Nc2cc(F)c(F)c(F)c2)ccc1N. The largest absolute Gasteiger partial charge is 0.476 e. The average Bonchev–Trinajstić information content (AvgIpc) is 2.45. The summed E-state index contributed by atoms with van der Waals surface area (Å²) in [5.41, 5.74) is 6.09. The first-order valence-corrected chi connectivity index (χ1v) is 6.32. The predicted molar refractivity (Wildman–Crippen MR) is 74.0 cm³/mol. The lowest BCUT2D eigenvalue weighted by Gasteiger charge is -2.10. The van der Waals surface area contributed by atoms with Crippen LogP contribution in [0.3, 0.4) is 0 Å². The lowest BCUT2D eigenvalue weighted by molar-refractivity contribution is 0.307. The quantitative estimate of drug-likeness (QED) is 0.828. The number of anilines is 3. The molecule has 0 amide bonds. The number of aromatic nitrogens is 1. The van der Waals surface area contributed by atoms with Crippen LogP contribution in [-0.2, 0) is 0 Å². The van der Waals surface area contributed by atoms with E-state index in [1.54, 1.807) is 6.07 Å². The van der Waals surface area contributed by atoms with Crippen LogP contribution in [0.15, 0.2) is 24.3 Å². The zero-order valence-corrected chi connectivity index (χ0v) is 11.3. The van der Waals surface area contributed by atoms with Gasteiger partial charge >= 0.3 is 0 Å². The standard InChI is InChI=1S/C14H14F3N3O/c1-2-5-21-14-11(18)3-4-12(20-14)19-8-6-9(15)13(17)10(16)7-8/h3-4,6-7H,2,5,18H2,1H3,(H,19,20). The van der Waals surface area contributed by atoms with E-state index in [-0.39, 0.29) is 17.4 Å². The minimum absolute atomic E-state index is 0.0325. The van der Waals surface area contributed by atoms with Crippen LogP contribution in [0.5, 0.6) is 5.88 Å². The molecule has 1 aromatic heterocycles. The molecule has 1 aromatic carbocycles. The van der Waals surface area contributed by atoms with Crippen LogP contribution in [0.2, 0.25) is 0 Å². The van der Waals surface area contributed by atoms with E-state index >= 15 is 0 Å². The van der Waals surface area contributed by atoms with Gasteiger partial charge in [-0.15, -0.1) is 0 Å². The molecule has 112 valence electrons. The highest BCUT2D eigenvalue weighted by Crippen LogP contribution is 2.25. The van der Waals surface area contributed by atoms with Gasteiger partial charge < -0.3 is 15.8 Å². The zero-order valence-electron chi connectivity index (χ0n) is 11.3. The zero-order chi connectivity index (χ0) is 15.4. The van der Waals surface area contributed by atoms with E-state index < -0.39 is 17.5 Å².